The molecule has 2 aromatic carbocycles. The van der Waals surface area contributed by atoms with E-state index >= 15 is 0 Å². The number of halogens is 1. The van der Waals surface area contributed by atoms with Gasteiger partial charge in [-0.15, -0.1) is 0 Å². The Morgan fingerprint density at radius 1 is 1.17 bits per heavy atom. The van der Waals surface area contributed by atoms with E-state index in [1.807, 2.05) is 19.1 Å². The van der Waals surface area contributed by atoms with Gasteiger partial charge in [-0.25, -0.2) is 28.6 Å². The molecule has 2 amide bonds. The number of nitrogens with zero attached hydrogens (tertiary/aromatic N) is 4. The second kappa shape index (κ2) is 9.75. The van der Waals surface area contributed by atoms with Crippen molar-refractivity contribution in [3.05, 3.63) is 60.2 Å². The molecule has 0 aliphatic heterocycles. The van der Waals surface area contributed by atoms with Crippen LogP contribution in [0.1, 0.15) is 25.5 Å². The van der Waals surface area contributed by atoms with Gasteiger partial charge in [-0.3, -0.25) is 0 Å². The number of ether oxygens (including phenoxy) is 1. The minimum atomic E-state index is -0.795. The van der Waals surface area contributed by atoms with Crippen molar-refractivity contribution in [3.63, 3.8) is 0 Å². The standard InChI is InChI=1S/C24H24FN7O3/c1-4-35-23(33)14(3)32-22-19(21(26)27-12-28-22)20(31-32)15-8-9-18(17(25)11-15)30-24(34)29-16-7-5-6-13(2)10-16/h5-12,14H,4H2,1-3H3,(H2,26,27,28)(H2,29,30,34). The Balaban J connectivity index is 1.65. The van der Waals surface area contributed by atoms with E-state index < -0.39 is 23.9 Å². The van der Waals surface area contributed by atoms with Crippen LogP contribution in [0.25, 0.3) is 22.3 Å². The van der Waals surface area contributed by atoms with Gasteiger partial charge in [-0.1, -0.05) is 18.2 Å². The van der Waals surface area contributed by atoms with Crippen molar-refractivity contribution in [2.24, 2.45) is 0 Å². The number of hydrogen-bond donors (Lipinski definition) is 3. The molecule has 4 rings (SSSR count). The third-order valence-electron chi connectivity index (χ3n) is 5.28. The Labute approximate surface area is 200 Å². The maximum absolute atomic E-state index is 15.0. The Kier molecular flexibility index (Phi) is 6.58. The number of nitrogens with two attached hydrogens (primary N) is 1. The maximum atomic E-state index is 15.0. The average molecular weight is 478 g/mol. The largest absolute Gasteiger partial charge is 0.464 e. The molecule has 0 saturated heterocycles. The molecule has 0 fully saturated rings. The number of hydrogen-bond acceptors (Lipinski definition) is 7. The molecule has 4 aromatic rings. The fraction of sp³-hybridized carbons (Fsp3) is 0.208. The van der Waals surface area contributed by atoms with Crippen molar-refractivity contribution < 1.29 is 18.7 Å². The molecule has 2 heterocycles. The minimum absolute atomic E-state index is 0.0215. The van der Waals surface area contributed by atoms with E-state index in [9.17, 15) is 14.0 Å². The van der Waals surface area contributed by atoms with Crippen molar-refractivity contribution in [1.82, 2.24) is 19.7 Å². The van der Waals surface area contributed by atoms with Gasteiger partial charge >= 0.3 is 12.0 Å². The zero-order chi connectivity index (χ0) is 25.1. The van der Waals surface area contributed by atoms with E-state index in [0.29, 0.717) is 28.0 Å². The summed E-state index contributed by atoms with van der Waals surface area (Å²) in [5.74, 6) is -1.04. The molecule has 0 radical (unpaired) electrons. The number of carbonyl (C=O) groups is 2. The molecule has 0 spiro atoms. The number of rotatable bonds is 6. The fourth-order valence-corrected chi connectivity index (χ4v) is 3.60. The van der Waals surface area contributed by atoms with E-state index in [2.05, 4.69) is 25.7 Å². The summed E-state index contributed by atoms with van der Waals surface area (Å²) in [6.07, 6.45) is 1.26. The van der Waals surface area contributed by atoms with Crippen LogP contribution in [0.2, 0.25) is 0 Å². The van der Waals surface area contributed by atoms with Crippen molar-refractivity contribution in [2.75, 3.05) is 23.0 Å². The van der Waals surface area contributed by atoms with Crippen LogP contribution >= 0.6 is 0 Å². The first-order chi connectivity index (χ1) is 16.8. The molecular formula is C24H24FN7O3. The van der Waals surface area contributed by atoms with Crippen molar-refractivity contribution in [3.8, 4) is 11.3 Å². The van der Waals surface area contributed by atoms with Gasteiger partial charge in [0.05, 0.1) is 17.7 Å². The molecule has 11 heteroatoms. The molecule has 0 aliphatic carbocycles. The lowest BCUT2D eigenvalue weighted by atomic mass is 10.1. The highest BCUT2D eigenvalue weighted by molar-refractivity contribution is 6.01. The number of fused-ring (bicyclic) bond motifs is 1. The van der Waals surface area contributed by atoms with Crippen molar-refractivity contribution in [1.29, 1.82) is 0 Å². The number of benzene rings is 2. The number of nitrogen functional groups attached to an aromatic ring is 1. The first-order valence-electron chi connectivity index (χ1n) is 10.9. The Hall–Kier alpha value is -4.54. The molecule has 180 valence electrons. The lowest BCUT2D eigenvalue weighted by Gasteiger charge is -2.11. The third kappa shape index (κ3) is 4.88. The SMILES string of the molecule is CCOC(=O)C(C)n1nc(-c2ccc(NC(=O)Nc3cccc(C)c3)c(F)c2)c2c(N)ncnc21. The van der Waals surface area contributed by atoms with E-state index in [0.717, 1.165) is 5.56 Å². The van der Waals surface area contributed by atoms with Gasteiger partial charge in [-0.05, 0) is 50.6 Å². The second-order valence-electron chi connectivity index (χ2n) is 7.82. The number of aromatic nitrogens is 4. The van der Waals surface area contributed by atoms with Crippen molar-refractivity contribution in [2.45, 2.75) is 26.8 Å². The van der Waals surface area contributed by atoms with Crippen LogP contribution in [0, 0.1) is 12.7 Å². The molecule has 4 N–H and O–H groups in total. The number of esters is 1. The Morgan fingerprint density at radius 3 is 2.69 bits per heavy atom. The summed E-state index contributed by atoms with van der Waals surface area (Å²) < 4.78 is 21.4. The number of amides is 2. The first kappa shape index (κ1) is 23.6. The molecule has 0 saturated carbocycles. The summed E-state index contributed by atoms with van der Waals surface area (Å²) in [6.45, 7) is 5.44. The summed E-state index contributed by atoms with van der Waals surface area (Å²) in [5.41, 5.74) is 8.60. The van der Waals surface area contributed by atoms with Gasteiger partial charge in [-0.2, -0.15) is 5.10 Å². The topological polar surface area (TPSA) is 137 Å². The molecule has 1 unspecified atom stereocenters. The summed E-state index contributed by atoms with van der Waals surface area (Å²) in [4.78, 5) is 32.9. The zero-order valence-corrected chi connectivity index (χ0v) is 19.4. The number of carbonyl (C=O) groups excluding carboxylic acids is 2. The highest BCUT2D eigenvalue weighted by Crippen LogP contribution is 2.33. The van der Waals surface area contributed by atoms with Crippen molar-refractivity contribution >= 4 is 40.2 Å². The van der Waals surface area contributed by atoms with Crippen LogP contribution in [0.4, 0.5) is 26.4 Å². The van der Waals surface area contributed by atoms with Gasteiger partial charge in [0.15, 0.2) is 5.65 Å². The summed E-state index contributed by atoms with van der Waals surface area (Å²) >= 11 is 0. The monoisotopic (exact) mass is 477 g/mol. The van der Waals surface area contributed by atoms with Gasteiger partial charge in [0.1, 0.15) is 29.7 Å². The van der Waals surface area contributed by atoms with Gasteiger partial charge in [0.2, 0.25) is 0 Å². The van der Waals surface area contributed by atoms with Crippen LogP contribution < -0.4 is 16.4 Å². The van der Waals surface area contributed by atoms with Gasteiger partial charge in [0.25, 0.3) is 0 Å². The number of urea groups is 1. The summed E-state index contributed by atoms with van der Waals surface area (Å²) in [6, 6.07) is 10.1. The molecule has 35 heavy (non-hydrogen) atoms. The Morgan fingerprint density at radius 2 is 1.97 bits per heavy atom. The molecule has 0 aliphatic rings. The highest BCUT2D eigenvalue weighted by Gasteiger charge is 2.25. The minimum Gasteiger partial charge on any atom is -0.464 e. The fourth-order valence-electron chi connectivity index (χ4n) is 3.60. The molecule has 0 bridgehead atoms. The number of aryl methyl sites for hydroxylation is 1. The highest BCUT2D eigenvalue weighted by atomic mass is 19.1. The van der Waals surface area contributed by atoms with E-state index in [4.69, 9.17) is 10.5 Å². The van der Waals surface area contributed by atoms with Gasteiger partial charge < -0.3 is 21.1 Å². The van der Waals surface area contributed by atoms with Gasteiger partial charge in [0, 0.05) is 11.3 Å². The van der Waals surface area contributed by atoms with Crippen LogP contribution in [0.15, 0.2) is 48.8 Å². The van der Waals surface area contributed by atoms with Crippen LogP contribution in [-0.2, 0) is 9.53 Å². The second-order valence-corrected chi connectivity index (χ2v) is 7.82. The predicted molar refractivity (Wildman–Crippen MR) is 130 cm³/mol. The average Bonchev–Trinajstić information content (AvgIpc) is 3.21. The van der Waals surface area contributed by atoms with E-state index in [1.165, 1.54) is 23.1 Å². The molecule has 10 nitrogen and oxygen atoms in total. The van der Waals surface area contributed by atoms with Crippen LogP contribution in [0.3, 0.4) is 0 Å². The van der Waals surface area contributed by atoms with Crippen LogP contribution in [-0.4, -0.2) is 38.4 Å². The number of nitrogens with one attached hydrogen (secondary N) is 2. The summed E-state index contributed by atoms with van der Waals surface area (Å²) in [5, 5.41) is 10.0. The smallest absolute Gasteiger partial charge is 0.330 e. The summed E-state index contributed by atoms with van der Waals surface area (Å²) in [7, 11) is 0. The third-order valence-corrected chi connectivity index (χ3v) is 5.28. The lowest BCUT2D eigenvalue weighted by molar-refractivity contribution is -0.146. The van der Waals surface area contributed by atoms with E-state index in [1.54, 1.807) is 32.0 Å². The first-order valence-corrected chi connectivity index (χ1v) is 10.9. The molecule has 2 aromatic heterocycles. The molecule has 1 atom stereocenters. The number of anilines is 3. The lowest BCUT2D eigenvalue weighted by Crippen LogP contribution is -2.20. The zero-order valence-electron chi connectivity index (χ0n) is 19.4. The molecular weight excluding hydrogens is 453 g/mol. The predicted octanol–water partition coefficient (Wildman–Crippen LogP) is 4.29. The van der Waals surface area contributed by atoms with Crippen LogP contribution in [0.5, 0.6) is 0 Å². The van der Waals surface area contributed by atoms with E-state index in [-0.39, 0.29) is 18.1 Å². The quantitative estimate of drug-likeness (QED) is 0.352. The maximum Gasteiger partial charge on any atom is 0.330 e. The normalized spacial score (nSPS) is 11.8. The Bertz CT molecular complexity index is 1420.